The Labute approximate surface area is 84.1 Å². The number of aliphatic carboxylic acids is 1. The SMILES string of the molecule is Cl.NCC1CC(C(=O)O)C12CCC2. The first kappa shape index (κ1) is 10.8. The van der Waals surface area contributed by atoms with E-state index in [4.69, 9.17) is 10.8 Å². The minimum Gasteiger partial charge on any atom is -0.481 e. The number of nitrogens with two attached hydrogens (primary N) is 1. The molecule has 1 spiro atoms. The molecule has 0 amide bonds. The predicted molar refractivity (Wildman–Crippen MR) is 51.8 cm³/mol. The zero-order chi connectivity index (χ0) is 8.77. The Bertz CT molecular complexity index is 216. The Kier molecular flexibility index (Phi) is 2.88. The van der Waals surface area contributed by atoms with E-state index in [-0.39, 0.29) is 23.7 Å². The van der Waals surface area contributed by atoms with Crippen LogP contribution in [0.3, 0.4) is 0 Å². The van der Waals surface area contributed by atoms with Crippen molar-refractivity contribution >= 4 is 18.4 Å². The Hall–Kier alpha value is -0.280. The summed E-state index contributed by atoms with van der Waals surface area (Å²) in [5.74, 6) is -0.202. The average Bonchev–Trinajstić information content (AvgIpc) is 1.81. The van der Waals surface area contributed by atoms with E-state index in [2.05, 4.69) is 0 Å². The number of rotatable bonds is 2. The lowest BCUT2D eigenvalue weighted by Crippen LogP contribution is -2.58. The van der Waals surface area contributed by atoms with E-state index in [0.29, 0.717) is 12.5 Å². The first-order chi connectivity index (χ1) is 5.70. The van der Waals surface area contributed by atoms with E-state index in [1.165, 1.54) is 6.42 Å². The van der Waals surface area contributed by atoms with E-state index < -0.39 is 5.97 Å². The van der Waals surface area contributed by atoms with E-state index >= 15 is 0 Å². The van der Waals surface area contributed by atoms with E-state index in [0.717, 1.165) is 19.3 Å². The van der Waals surface area contributed by atoms with Crippen molar-refractivity contribution in [2.75, 3.05) is 6.54 Å². The minimum absolute atomic E-state index is 0. The van der Waals surface area contributed by atoms with E-state index in [1.807, 2.05) is 0 Å². The highest BCUT2D eigenvalue weighted by Crippen LogP contribution is 2.63. The van der Waals surface area contributed by atoms with Crippen LogP contribution in [-0.4, -0.2) is 17.6 Å². The highest BCUT2D eigenvalue weighted by Gasteiger charge is 2.60. The van der Waals surface area contributed by atoms with Gasteiger partial charge in [0.25, 0.3) is 0 Å². The van der Waals surface area contributed by atoms with Crippen molar-refractivity contribution in [2.45, 2.75) is 25.7 Å². The standard InChI is InChI=1S/C9H15NO2.ClH/c10-5-6-4-7(8(11)12)9(6)2-1-3-9;/h6-7H,1-5,10H2,(H,11,12);1H. The van der Waals surface area contributed by atoms with Gasteiger partial charge in [0.15, 0.2) is 0 Å². The van der Waals surface area contributed by atoms with Crippen LogP contribution in [0.1, 0.15) is 25.7 Å². The molecule has 0 aromatic heterocycles. The molecule has 0 radical (unpaired) electrons. The van der Waals surface area contributed by atoms with Crippen LogP contribution in [0.15, 0.2) is 0 Å². The second-order valence-corrected chi connectivity index (χ2v) is 4.15. The molecule has 4 heteroatoms. The van der Waals surface area contributed by atoms with Crippen LogP contribution in [-0.2, 0) is 4.79 Å². The van der Waals surface area contributed by atoms with Gasteiger partial charge in [-0.2, -0.15) is 0 Å². The van der Waals surface area contributed by atoms with Crippen LogP contribution in [0, 0.1) is 17.3 Å². The maximum atomic E-state index is 10.8. The summed E-state index contributed by atoms with van der Waals surface area (Å²) in [6.45, 7) is 0.670. The maximum Gasteiger partial charge on any atom is 0.307 e. The second-order valence-electron chi connectivity index (χ2n) is 4.15. The van der Waals surface area contributed by atoms with Crippen molar-refractivity contribution in [2.24, 2.45) is 23.0 Å². The van der Waals surface area contributed by atoms with Crippen molar-refractivity contribution in [3.63, 3.8) is 0 Å². The number of carboxylic acids is 1. The molecule has 0 bridgehead atoms. The molecule has 2 atom stereocenters. The third kappa shape index (κ3) is 1.25. The van der Waals surface area contributed by atoms with Crippen molar-refractivity contribution in [1.82, 2.24) is 0 Å². The molecule has 0 saturated heterocycles. The molecule has 2 aliphatic rings. The lowest BCUT2D eigenvalue weighted by molar-refractivity contribution is -0.174. The zero-order valence-corrected chi connectivity index (χ0v) is 8.35. The molecular weight excluding hydrogens is 190 g/mol. The van der Waals surface area contributed by atoms with Gasteiger partial charge in [-0.25, -0.2) is 0 Å². The van der Waals surface area contributed by atoms with Crippen LogP contribution in [0.25, 0.3) is 0 Å². The predicted octanol–water partition coefficient (Wildman–Crippen LogP) is 1.26. The molecule has 13 heavy (non-hydrogen) atoms. The largest absolute Gasteiger partial charge is 0.481 e. The van der Waals surface area contributed by atoms with Gasteiger partial charge in [0, 0.05) is 0 Å². The molecule has 2 aliphatic carbocycles. The van der Waals surface area contributed by atoms with Gasteiger partial charge in [0.2, 0.25) is 0 Å². The fraction of sp³-hybridized carbons (Fsp3) is 0.889. The topological polar surface area (TPSA) is 63.3 Å². The Morgan fingerprint density at radius 1 is 1.54 bits per heavy atom. The fourth-order valence-corrected chi connectivity index (χ4v) is 2.90. The molecule has 3 N–H and O–H groups in total. The molecule has 0 aromatic carbocycles. The average molecular weight is 206 g/mol. The van der Waals surface area contributed by atoms with Crippen LogP contribution in [0.2, 0.25) is 0 Å². The van der Waals surface area contributed by atoms with Crippen LogP contribution in [0.4, 0.5) is 0 Å². The van der Waals surface area contributed by atoms with Gasteiger partial charge in [-0.3, -0.25) is 4.79 Å². The van der Waals surface area contributed by atoms with Gasteiger partial charge < -0.3 is 10.8 Å². The van der Waals surface area contributed by atoms with Gasteiger partial charge in [-0.05, 0) is 37.1 Å². The normalized spacial score (nSPS) is 34.2. The maximum absolute atomic E-state index is 10.8. The monoisotopic (exact) mass is 205 g/mol. The Morgan fingerprint density at radius 2 is 2.15 bits per heavy atom. The van der Waals surface area contributed by atoms with E-state index in [9.17, 15) is 4.79 Å². The summed E-state index contributed by atoms with van der Waals surface area (Å²) in [5, 5.41) is 8.91. The first-order valence-corrected chi connectivity index (χ1v) is 4.63. The summed E-state index contributed by atoms with van der Waals surface area (Å²) in [5.41, 5.74) is 5.71. The van der Waals surface area contributed by atoms with Gasteiger partial charge in [-0.15, -0.1) is 12.4 Å². The molecular formula is C9H16ClNO2. The number of carbonyl (C=O) groups is 1. The van der Waals surface area contributed by atoms with Gasteiger partial charge >= 0.3 is 5.97 Å². The summed E-state index contributed by atoms with van der Waals surface area (Å²) in [7, 11) is 0. The van der Waals surface area contributed by atoms with Gasteiger partial charge in [-0.1, -0.05) is 6.42 Å². The Balaban J connectivity index is 0.000000845. The first-order valence-electron chi connectivity index (χ1n) is 4.63. The van der Waals surface area contributed by atoms with Gasteiger partial charge in [0.05, 0.1) is 5.92 Å². The lowest BCUT2D eigenvalue weighted by atomic mass is 9.44. The number of halogens is 1. The third-order valence-electron chi connectivity index (χ3n) is 3.89. The molecule has 76 valence electrons. The number of hydrogen-bond acceptors (Lipinski definition) is 2. The summed E-state index contributed by atoms with van der Waals surface area (Å²) in [6.07, 6.45) is 4.18. The van der Waals surface area contributed by atoms with E-state index in [1.54, 1.807) is 0 Å². The highest BCUT2D eigenvalue weighted by atomic mass is 35.5. The zero-order valence-electron chi connectivity index (χ0n) is 7.53. The summed E-state index contributed by atoms with van der Waals surface area (Å²) in [6, 6.07) is 0. The summed E-state index contributed by atoms with van der Waals surface area (Å²) >= 11 is 0. The van der Waals surface area contributed by atoms with Crippen molar-refractivity contribution < 1.29 is 9.90 Å². The lowest BCUT2D eigenvalue weighted by Gasteiger charge is -2.60. The van der Waals surface area contributed by atoms with Crippen molar-refractivity contribution in [1.29, 1.82) is 0 Å². The Morgan fingerprint density at radius 3 is 2.46 bits per heavy atom. The van der Waals surface area contributed by atoms with Crippen molar-refractivity contribution in [3.8, 4) is 0 Å². The molecule has 0 heterocycles. The molecule has 2 rings (SSSR count). The van der Waals surface area contributed by atoms with Gasteiger partial charge in [0.1, 0.15) is 0 Å². The highest BCUT2D eigenvalue weighted by molar-refractivity contribution is 5.85. The molecule has 2 fully saturated rings. The van der Waals surface area contributed by atoms with Crippen molar-refractivity contribution in [3.05, 3.63) is 0 Å². The molecule has 2 saturated carbocycles. The minimum atomic E-state index is -0.612. The summed E-state index contributed by atoms with van der Waals surface area (Å²) < 4.78 is 0. The van der Waals surface area contributed by atoms with Crippen LogP contribution in [0.5, 0.6) is 0 Å². The molecule has 3 nitrogen and oxygen atoms in total. The molecule has 0 aromatic rings. The smallest absolute Gasteiger partial charge is 0.307 e. The number of carboxylic acid groups (broad SMARTS) is 1. The quantitative estimate of drug-likeness (QED) is 0.714. The summed E-state index contributed by atoms with van der Waals surface area (Å²) in [4.78, 5) is 10.8. The second kappa shape index (κ2) is 3.46. The fourth-order valence-electron chi connectivity index (χ4n) is 2.90. The molecule has 0 aliphatic heterocycles. The molecule has 2 unspecified atom stereocenters. The number of hydrogen-bond donors (Lipinski definition) is 2. The van der Waals surface area contributed by atoms with Crippen LogP contribution < -0.4 is 5.73 Å². The van der Waals surface area contributed by atoms with Crippen LogP contribution >= 0.6 is 12.4 Å². The third-order valence-corrected chi connectivity index (χ3v) is 3.89.